The second kappa shape index (κ2) is 4.25. The molecular weight excluding hydrogens is 216 g/mol. The number of nitrogens with one attached hydrogen (secondary N) is 1. The fraction of sp³-hybridized carbons (Fsp3) is 0.417. The topological polar surface area (TPSA) is 59.3 Å². The molecule has 0 aliphatic carbocycles. The largest absolute Gasteiger partial charge is 0.316 e. The number of rotatable bonds is 3. The Balaban J connectivity index is 1.97. The van der Waals surface area contributed by atoms with Crippen LogP contribution >= 0.6 is 0 Å². The smallest absolute Gasteiger partial charge is 0.171 e. The Morgan fingerprint density at radius 3 is 3.24 bits per heavy atom. The van der Waals surface area contributed by atoms with E-state index in [1.54, 1.807) is 6.07 Å². The van der Waals surface area contributed by atoms with Gasteiger partial charge in [0.2, 0.25) is 0 Å². The molecule has 1 N–H and O–H groups in total. The molecule has 1 fully saturated rings. The highest BCUT2D eigenvalue weighted by Gasteiger charge is 2.18. The Morgan fingerprint density at radius 1 is 1.53 bits per heavy atom. The van der Waals surface area contributed by atoms with Gasteiger partial charge in [0.05, 0.1) is 5.56 Å². The van der Waals surface area contributed by atoms with E-state index in [0.717, 1.165) is 31.6 Å². The zero-order chi connectivity index (χ0) is 11.7. The van der Waals surface area contributed by atoms with Gasteiger partial charge < -0.3 is 5.32 Å². The molecule has 1 aliphatic heterocycles. The van der Waals surface area contributed by atoms with Crippen molar-refractivity contribution in [3.8, 4) is 0 Å². The van der Waals surface area contributed by atoms with Gasteiger partial charge in [0, 0.05) is 12.6 Å². The minimum Gasteiger partial charge on any atom is -0.316 e. The van der Waals surface area contributed by atoms with E-state index in [-0.39, 0.29) is 0 Å². The summed E-state index contributed by atoms with van der Waals surface area (Å²) in [6, 6.07) is 3.62. The summed E-state index contributed by atoms with van der Waals surface area (Å²) in [5.41, 5.74) is 1.25. The van der Waals surface area contributed by atoms with Crippen LogP contribution in [0.25, 0.3) is 5.65 Å². The number of carbonyl (C=O) groups excluding carboxylic acids is 1. The van der Waals surface area contributed by atoms with Crippen molar-refractivity contribution in [2.75, 3.05) is 13.1 Å². The first-order valence-corrected chi connectivity index (χ1v) is 5.87. The SMILES string of the molecule is O=Cc1cccn2c(CC3CCNC3)nnc12. The van der Waals surface area contributed by atoms with Gasteiger partial charge in [-0.1, -0.05) is 0 Å². The molecule has 0 radical (unpaired) electrons. The quantitative estimate of drug-likeness (QED) is 0.788. The molecule has 2 aromatic heterocycles. The van der Waals surface area contributed by atoms with Crippen molar-refractivity contribution in [1.29, 1.82) is 0 Å². The Morgan fingerprint density at radius 2 is 2.47 bits per heavy atom. The van der Waals surface area contributed by atoms with Crippen molar-refractivity contribution >= 4 is 11.9 Å². The van der Waals surface area contributed by atoms with E-state index in [9.17, 15) is 4.79 Å². The van der Waals surface area contributed by atoms with Crippen LogP contribution in [0.3, 0.4) is 0 Å². The lowest BCUT2D eigenvalue weighted by molar-refractivity contribution is 0.112. The van der Waals surface area contributed by atoms with E-state index in [4.69, 9.17) is 0 Å². The van der Waals surface area contributed by atoms with Crippen LogP contribution in [-0.2, 0) is 6.42 Å². The molecule has 5 nitrogen and oxygen atoms in total. The molecule has 0 aromatic carbocycles. The van der Waals surface area contributed by atoms with Gasteiger partial charge in [0.1, 0.15) is 5.82 Å². The van der Waals surface area contributed by atoms with Crippen molar-refractivity contribution in [1.82, 2.24) is 19.9 Å². The molecule has 1 atom stereocenters. The summed E-state index contributed by atoms with van der Waals surface area (Å²) in [5.74, 6) is 1.57. The van der Waals surface area contributed by atoms with Crippen molar-refractivity contribution in [3.63, 3.8) is 0 Å². The number of aldehydes is 1. The van der Waals surface area contributed by atoms with Gasteiger partial charge >= 0.3 is 0 Å². The lowest BCUT2D eigenvalue weighted by Gasteiger charge is -2.06. The van der Waals surface area contributed by atoms with Crippen LogP contribution in [0, 0.1) is 5.92 Å². The summed E-state index contributed by atoms with van der Waals surface area (Å²) >= 11 is 0. The van der Waals surface area contributed by atoms with E-state index in [1.165, 1.54) is 6.42 Å². The lowest BCUT2D eigenvalue weighted by atomic mass is 10.0. The molecule has 17 heavy (non-hydrogen) atoms. The average molecular weight is 230 g/mol. The van der Waals surface area contributed by atoms with Crippen molar-refractivity contribution in [2.24, 2.45) is 5.92 Å². The first kappa shape index (κ1) is 10.4. The second-order valence-electron chi connectivity index (χ2n) is 4.45. The van der Waals surface area contributed by atoms with E-state index in [1.807, 2.05) is 16.7 Å². The van der Waals surface area contributed by atoms with Gasteiger partial charge in [0.15, 0.2) is 11.9 Å². The predicted molar refractivity (Wildman–Crippen MR) is 63.1 cm³/mol. The third-order valence-corrected chi connectivity index (χ3v) is 3.30. The van der Waals surface area contributed by atoms with Crippen LogP contribution in [0.2, 0.25) is 0 Å². The summed E-state index contributed by atoms with van der Waals surface area (Å²) in [6.07, 6.45) is 4.84. The Hall–Kier alpha value is -1.75. The molecule has 1 unspecified atom stereocenters. The summed E-state index contributed by atoms with van der Waals surface area (Å²) < 4.78 is 1.92. The van der Waals surface area contributed by atoms with Crippen LogP contribution in [0.5, 0.6) is 0 Å². The third-order valence-electron chi connectivity index (χ3n) is 3.30. The van der Waals surface area contributed by atoms with E-state index < -0.39 is 0 Å². The molecule has 5 heteroatoms. The van der Waals surface area contributed by atoms with E-state index in [2.05, 4.69) is 15.5 Å². The van der Waals surface area contributed by atoms with Crippen LogP contribution in [-0.4, -0.2) is 34.0 Å². The Kier molecular flexibility index (Phi) is 2.60. The molecule has 0 amide bonds. The predicted octanol–water partition coefficient (Wildman–Crippen LogP) is 0.694. The Bertz CT molecular complexity index is 542. The molecule has 88 valence electrons. The maximum Gasteiger partial charge on any atom is 0.171 e. The normalized spacial score (nSPS) is 19.9. The summed E-state index contributed by atoms with van der Waals surface area (Å²) in [6.45, 7) is 2.13. The van der Waals surface area contributed by atoms with Crippen LogP contribution in [0.1, 0.15) is 22.6 Å². The molecule has 3 rings (SSSR count). The molecule has 0 saturated carbocycles. The van der Waals surface area contributed by atoms with Gasteiger partial charge in [-0.15, -0.1) is 10.2 Å². The van der Waals surface area contributed by atoms with Gasteiger partial charge in [-0.25, -0.2) is 0 Å². The fourth-order valence-corrected chi connectivity index (χ4v) is 2.36. The van der Waals surface area contributed by atoms with Crippen LogP contribution in [0.15, 0.2) is 18.3 Å². The minimum atomic E-state index is 0.593. The standard InChI is InChI=1S/C12H14N4O/c17-8-10-2-1-5-16-11(14-15-12(10)16)6-9-3-4-13-7-9/h1-2,5,8-9,13H,3-4,6-7H2. The van der Waals surface area contributed by atoms with Crippen molar-refractivity contribution in [3.05, 3.63) is 29.7 Å². The zero-order valence-corrected chi connectivity index (χ0v) is 9.47. The Labute approximate surface area is 98.9 Å². The molecular formula is C12H14N4O. The van der Waals surface area contributed by atoms with Gasteiger partial charge in [-0.05, 0) is 37.6 Å². The number of fused-ring (bicyclic) bond motifs is 1. The molecule has 1 aliphatic rings. The summed E-state index contributed by atoms with van der Waals surface area (Å²) in [4.78, 5) is 10.9. The maximum atomic E-state index is 10.9. The summed E-state index contributed by atoms with van der Waals surface area (Å²) in [5, 5.41) is 11.6. The number of pyridine rings is 1. The monoisotopic (exact) mass is 230 g/mol. The number of nitrogens with zero attached hydrogens (tertiary/aromatic N) is 3. The number of carbonyl (C=O) groups is 1. The molecule has 2 aromatic rings. The minimum absolute atomic E-state index is 0.593. The first-order valence-electron chi connectivity index (χ1n) is 5.87. The maximum absolute atomic E-state index is 10.9. The summed E-state index contributed by atoms with van der Waals surface area (Å²) in [7, 11) is 0. The van der Waals surface area contributed by atoms with Gasteiger partial charge in [-0.3, -0.25) is 9.20 Å². The van der Waals surface area contributed by atoms with Gasteiger partial charge in [0.25, 0.3) is 0 Å². The number of hydrogen-bond acceptors (Lipinski definition) is 4. The van der Waals surface area contributed by atoms with E-state index >= 15 is 0 Å². The lowest BCUT2D eigenvalue weighted by Crippen LogP contribution is -2.12. The number of aromatic nitrogens is 3. The molecule has 1 saturated heterocycles. The van der Waals surface area contributed by atoms with Crippen LogP contribution < -0.4 is 5.32 Å². The molecule has 0 spiro atoms. The van der Waals surface area contributed by atoms with Crippen LogP contribution in [0.4, 0.5) is 0 Å². The second-order valence-corrected chi connectivity index (χ2v) is 4.45. The van der Waals surface area contributed by atoms with Gasteiger partial charge in [-0.2, -0.15) is 0 Å². The first-order chi connectivity index (χ1) is 8.38. The van der Waals surface area contributed by atoms with Crippen molar-refractivity contribution < 1.29 is 4.79 Å². The molecule has 0 bridgehead atoms. The highest BCUT2D eigenvalue weighted by Crippen LogP contribution is 2.15. The van der Waals surface area contributed by atoms with E-state index in [0.29, 0.717) is 17.1 Å². The van der Waals surface area contributed by atoms with Crippen molar-refractivity contribution in [2.45, 2.75) is 12.8 Å². The molecule has 3 heterocycles. The average Bonchev–Trinajstić information content (AvgIpc) is 2.99. The zero-order valence-electron chi connectivity index (χ0n) is 9.47. The fourth-order valence-electron chi connectivity index (χ4n) is 2.36. The number of hydrogen-bond donors (Lipinski definition) is 1. The highest BCUT2D eigenvalue weighted by molar-refractivity contribution is 5.83. The highest BCUT2D eigenvalue weighted by atomic mass is 16.1. The third kappa shape index (κ3) is 1.82.